The Morgan fingerprint density at radius 1 is 1.14 bits per heavy atom. The lowest BCUT2D eigenvalue weighted by Crippen LogP contribution is -2.10. The van der Waals surface area contributed by atoms with Crippen LogP contribution in [-0.2, 0) is 6.18 Å². The van der Waals surface area contributed by atoms with Gasteiger partial charge in [-0.05, 0) is 23.8 Å². The summed E-state index contributed by atoms with van der Waals surface area (Å²) in [6, 6.07) is 5.29. The number of rotatable bonds is 3. The van der Waals surface area contributed by atoms with Crippen molar-refractivity contribution >= 4 is 0 Å². The number of nitrogens with zero attached hydrogens (tertiary/aromatic N) is 1. The fourth-order valence-electron chi connectivity index (χ4n) is 1.80. The van der Waals surface area contributed by atoms with E-state index in [1.165, 1.54) is 25.4 Å². The molecule has 1 aromatic carbocycles. The third-order valence-electron chi connectivity index (χ3n) is 2.90. The minimum absolute atomic E-state index is 0.0734. The number of hydrogen-bond donors (Lipinski definition) is 1. The Labute approximate surface area is 117 Å². The Bertz CT molecular complexity index is 626. The fourth-order valence-corrected chi connectivity index (χ4v) is 1.80. The van der Waals surface area contributed by atoms with Gasteiger partial charge >= 0.3 is 6.18 Å². The van der Waals surface area contributed by atoms with Crippen molar-refractivity contribution in [1.29, 1.82) is 0 Å². The van der Waals surface area contributed by atoms with Gasteiger partial charge in [0.25, 0.3) is 0 Å². The molecule has 2 rings (SSSR count). The van der Waals surface area contributed by atoms with Crippen LogP contribution in [0.25, 0.3) is 0 Å². The van der Waals surface area contributed by atoms with E-state index in [4.69, 9.17) is 4.74 Å². The largest absolute Gasteiger partial charge is 0.481 e. The van der Waals surface area contributed by atoms with Crippen molar-refractivity contribution in [3.05, 3.63) is 59.0 Å². The summed E-state index contributed by atoms with van der Waals surface area (Å²) in [6.07, 6.45) is -4.89. The average Bonchev–Trinajstić information content (AvgIpc) is 2.46. The van der Waals surface area contributed by atoms with E-state index in [1.807, 2.05) is 0 Å². The molecule has 0 saturated carbocycles. The van der Waals surface area contributed by atoms with Gasteiger partial charge in [-0.3, -0.25) is 0 Å². The molecule has 3 nitrogen and oxygen atoms in total. The van der Waals surface area contributed by atoms with Gasteiger partial charge in [0.05, 0.1) is 12.7 Å². The lowest BCUT2D eigenvalue weighted by atomic mass is 10.0. The number of alkyl halides is 3. The molecule has 112 valence electrons. The minimum atomic E-state index is -4.82. The van der Waals surface area contributed by atoms with Crippen molar-refractivity contribution in [3.8, 4) is 5.88 Å². The summed E-state index contributed by atoms with van der Waals surface area (Å²) in [6.45, 7) is 0. The molecule has 7 heteroatoms. The van der Waals surface area contributed by atoms with Crippen LogP contribution in [-0.4, -0.2) is 17.2 Å². The number of benzene rings is 1. The molecule has 0 aliphatic rings. The maximum atomic E-state index is 13.2. The van der Waals surface area contributed by atoms with Gasteiger partial charge in [0.1, 0.15) is 11.9 Å². The van der Waals surface area contributed by atoms with Crippen LogP contribution in [0, 0.1) is 5.82 Å². The molecule has 0 saturated heterocycles. The molecule has 1 heterocycles. The molecule has 0 spiro atoms. The Kier molecular flexibility index (Phi) is 4.13. The quantitative estimate of drug-likeness (QED) is 0.884. The third kappa shape index (κ3) is 3.30. The SMILES string of the molecule is COc1ccc(C(O)c2ccc(F)c(C(F)(F)F)c2)cn1. The van der Waals surface area contributed by atoms with Crippen LogP contribution in [0.3, 0.4) is 0 Å². The molecule has 0 bridgehead atoms. The van der Waals surface area contributed by atoms with Crippen LogP contribution in [0.1, 0.15) is 22.8 Å². The van der Waals surface area contributed by atoms with Crippen LogP contribution >= 0.6 is 0 Å². The predicted molar refractivity (Wildman–Crippen MR) is 66.3 cm³/mol. The molecule has 21 heavy (non-hydrogen) atoms. The van der Waals surface area contributed by atoms with Crippen molar-refractivity contribution in [2.75, 3.05) is 7.11 Å². The first kappa shape index (κ1) is 15.2. The Balaban J connectivity index is 2.36. The second-order valence-electron chi connectivity index (χ2n) is 4.27. The van der Waals surface area contributed by atoms with Gasteiger partial charge in [-0.1, -0.05) is 6.07 Å². The zero-order valence-corrected chi connectivity index (χ0v) is 10.9. The van der Waals surface area contributed by atoms with Crippen LogP contribution in [0.5, 0.6) is 5.88 Å². The summed E-state index contributed by atoms with van der Waals surface area (Å²) in [5.41, 5.74) is -1.22. The molecule has 1 unspecified atom stereocenters. The number of aliphatic hydroxyl groups excluding tert-OH is 1. The Morgan fingerprint density at radius 2 is 1.81 bits per heavy atom. The maximum absolute atomic E-state index is 13.2. The lowest BCUT2D eigenvalue weighted by molar-refractivity contribution is -0.140. The molecule has 1 N–H and O–H groups in total. The summed E-state index contributed by atoms with van der Waals surface area (Å²) in [4.78, 5) is 3.85. The molecule has 0 aliphatic heterocycles. The van der Waals surface area contributed by atoms with E-state index in [2.05, 4.69) is 4.98 Å². The molecule has 0 radical (unpaired) electrons. The normalized spacial score (nSPS) is 13.0. The smallest absolute Gasteiger partial charge is 0.419 e. The van der Waals surface area contributed by atoms with Crippen LogP contribution in [0.2, 0.25) is 0 Å². The van der Waals surface area contributed by atoms with E-state index in [1.54, 1.807) is 0 Å². The standard InChI is InChI=1S/C14H11F4NO2/c1-21-12-5-3-9(7-19-12)13(20)8-2-4-11(15)10(6-8)14(16,17)18/h2-7,13,20H,1H3. The van der Waals surface area contributed by atoms with Gasteiger partial charge in [0, 0.05) is 17.8 Å². The highest BCUT2D eigenvalue weighted by molar-refractivity contribution is 5.34. The minimum Gasteiger partial charge on any atom is -0.481 e. The van der Waals surface area contributed by atoms with Gasteiger partial charge in [-0.25, -0.2) is 9.37 Å². The van der Waals surface area contributed by atoms with E-state index in [-0.39, 0.29) is 11.1 Å². The van der Waals surface area contributed by atoms with Gasteiger partial charge in [0.2, 0.25) is 5.88 Å². The van der Waals surface area contributed by atoms with Crippen molar-refractivity contribution in [3.63, 3.8) is 0 Å². The number of aromatic nitrogens is 1. The maximum Gasteiger partial charge on any atom is 0.419 e. The number of ether oxygens (including phenoxy) is 1. The molecule has 0 aliphatic carbocycles. The first-order valence-corrected chi connectivity index (χ1v) is 5.87. The molecule has 0 amide bonds. The van der Waals surface area contributed by atoms with E-state index in [0.717, 1.165) is 6.07 Å². The second kappa shape index (κ2) is 5.69. The van der Waals surface area contributed by atoms with Gasteiger partial charge in [-0.2, -0.15) is 13.2 Å². The molecular formula is C14H11F4NO2. The highest BCUT2D eigenvalue weighted by Crippen LogP contribution is 2.34. The molecule has 0 fully saturated rings. The van der Waals surface area contributed by atoms with E-state index >= 15 is 0 Å². The molecule has 1 aromatic heterocycles. The van der Waals surface area contributed by atoms with Crippen molar-refractivity contribution in [2.45, 2.75) is 12.3 Å². The Hall–Kier alpha value is -2.15. The fraction of sp³-hybridized carbons (Fsp3) is 0.214. The summed E-state index contributed by atoms with van der Waals surface area (Å²) < 4.78 is 56.0. The van der Waals surface area contributed by atoms with Crippen molar-refractivity contribution < 1.29 is 27.4 Å². The topological polar surface area (TPSA) is 42.4 Å². The first-order chi connectivity index (χ1) is 9.82. The predicted octanol–water partition coefficient (Wildman–Crippen LogP) is 3.33. The number of pyridine rings is 1. The number of halogens is 4. The van der Waals surface area contributed by atoms with Gasteiger partial charge in [0.15, 0.2) is 0 Å². The summed E-state index contributed by atoms with van der Waals surface area (Å²) >= 11 is 0. The summed E-state index contributed by atoms with van der Waals surface area (Å²) in [5, 5.41) is 10.1. The zero-order chi connectivity index (χ0) is 15.6. The molecular weight excluding hydrogens is 290 g/mol. The monoisotopic (exact) mass is 301 g/mol. The summed E-state index contributed by atoms with van der Waals surface area (Å²) in [5.74, 6) is -1.08. The van der Waals surface area contributed by atoms with E-state index in [0.29, 0.717) is 18.0 Å². The number of hydrogen-bond acceptors (Lipinski definition) is 3. The van der Waals surface area contributed by atoms with Crippen LogP contribution in [0.15, 0.2) is 36.5 Å². The van der Waals surface area contributed by atoms with E-state index in [9.17, 15) is 22.7 Å². The van der Waals surface area contributed by atoms with Crippen LogP contribution in [0.4, 0.5) is 17.6 Å². The zero-order valence-electron chi connectivity index (χ0n) is 10.9. The van der Waals surface area contributed by atoms with Crippen molar-refractivity contribution in [1.82, 2.24) is 4.98 Å². The second-order valence-corrected chi connectivity index (χ2v) is 4.27. The third-order valence-corrected chi connectivity index (χ3v) is 2.90. The first-order valence-electron chi connectivity index (χ1n) is 5.87. The van der Waals surface area contributed by atoms with Gasteiger partial charge in [-0.15, -0.1) is 0 Å². The summed E-state index contributed by atoms with van der Waals surface area (Å²) in [7, 11) is 1.41. The van der Waals surface area contributed by atoms with E-state index < -0.39 is 23.7 Å². The van der Waals surface area contributed by atoms with Crippen LogP contribution < -0.4 is 4.74 Å². The highest BCUT2D eigenvalue weighted by atomic mass is 19.4. The Morgan fingerprint density at radius 3 is 2.33 bits per heavy atom. The highest BCUT2D eigenvalue weighted by Gasteiger charge is 2.34. The average molecular weight is 301 g/mol. The number of aliphatic hydroxyl groups is 1. The van der Waals surface area contributed by atoms with Gasteiger partial charge < -0.3 is 9.84 Å². The molecule has 1 atom stereocenters. The molecule has 2 aromatic rings. The van der Waals surface area contributed by atoms with Crippen molar-refractivity contribution in [2.24, 2.45) is 0 Å². The number of methoxy groups -OCH3 is 1. The lowest BCUT2D eigenvalue weighted by Gasteiger charge is -2.14.